The zero-order chi connectivity index (χ0) is 13.0. The molecule has 0 spiro atoms. The first-order valence-corrected chi connectivity index (χ1v) is 6.06. The Morgan fingerprint density at radius 1 is 1.61 bits per heavy atom. The number of carbonyl (C=O) groups is 1. The molecular weight excluding hydrogens is 238 g/mol. The van der Waals surface area contributed by atoms with Crippen molar-refractivity contribution in [1.29, 1.82) is 0 Å². The molecule has 7 nitrogen and oxygen atoms in total. The van der Waals surface area contributed by atoms with E-state index in [1.54, 1.807) is 4.90 Å². The molecule has 18 heavy (non-hydrogen) atoms. The van der Waals surface area contributed by atoms with Crippen LogP contribution in [0.15, 0.2) is 4.52 Å². The molecule has 1 fully saturated rings. The summed E-state index contributed by atoms with van der Waals surface area (Å²) in [4.78, 5) is 17.1. The van der Waals surface area contributed by atoms with Crippen molar-refractivity contribution in [3.05, 3.63) is 11.7 Å². The molecule has 1 aliphatic rings. The predicted molar refractivity (Wildman–Crippen MR) is 60.9 cm³/mol. The van der Waals surface area contributed by atoms with Crippen LogP contribution in [0.5, 0.6) is 0 Å². The van der Waals surface area contributed by atoms with Crippen LogP contribution in [0.1, 0.15) is 25.1 Å². The summed E-state index contributed by atoms with van der Waals surface area (Å²) in [6, 6.07) is -0.639. The molecule has 1 atom stereocenters. The van der Waals surface area contributed by atoms with Crippen molar-refractivity contribution in [1.82, 2.24) is 15.0 Å². The van der Waals surface area contributed by atoms with Gasteiger partial charge in [0.25, 0.3) is 0 Å². The summed E-state index contributed by atoms with van der Waals surface area (Å²) in [6.45, 7) is 3.68. The summed E-state index contributed by atoms with van der Waals surface area (Å²) in [7, 11) is 0. The van der Waals surface area contributed by atoms with Crippen LogP contribution in [-0.4, -0.2) is 51.9 Å². The second kappa shape index (κ2) is 5.92. The largest absolute Gasteiger partial charge is 0.480 e. The van der Waals surface area contributed by atoms with E-state index in [1.165, 1.54) is 0 Å². The number of nitrogens with zero attached hydrogens (tertiary/aromatic N) is 3. The fourth-order valence-corrected chi connectivity index (χ4v) is 1.91. The Balaban J connectivity index is 1.99. The maximum atomic E-state index is 11.1. The summed E-state index contributed by atoms with van der Waals surface area (Å²) in [5.41, 5.74) is 0. The zero-order valence-electron chi connectivity index (χ0n) is 10.3. The van der Waals surface area contributed by atoms with Crippen molar-refractivity contribution in [2.75, 3.05) is 19.8 Å². The number of carboxylic acid groups (broad SMARTS) is 1. The summed E-state index contributed by atoms with van der Waals surface area (Å²) >= 11 is 0. The summed E-state index contributed by atoms with van der Waals surface area (Å²) in [5, 5.41) is 12.9. The molecule has 1 unspecified atom stereocenters. The lowest BCUT2D eigenvalue weighted by atomic mass is 10.2. The fraction of sp³-hybridized carbons (Fsp3) is 0.727. The van der Waals surface area contributed by atoms with E-state index in [0.717, 1.165) is 12.8 Å². The van der Waals surface area contributed by atoms with E-state index in [1.807, 2.05) is 6.92 Å². The van der Waals surface area contributed by atoms with Crippen LogP contribution in [0.25, 0.3) is 0 Å². The van der Waals surface area contributed by atoms with E-state index < -0.39 is 12.0 Å². The van der Waals surface area contributed by atoms with Gasteiger partial charge in [-0.25, -0.2) is 0 Å². The van der Waals surface area contributed by atoms with Gasteiger partial charge in [-0.1, -0.05) is 12.1 Å². The van der Waals surface area contributed by atoms with E-state index in [-0.39, 0.29) is 6.61 Å². The molecule has 2 rings (SSSR count). The summed E-state index contributed by atoms with van der Waals surface area (Å²) in [5.74, 6) is 0.252. The minimum atomic E-state index is -0.886. The molecule has 1 aliphatic heterocycles. The number of carboxylic acids is 1. The Bertz CT molecular complexity index is 407. The van der Waals surface area contributed by atoms with Crippen LogP contribution in [0.2, 0.25) is 0 Å². The minimum absolute atomic E-state index is 0.200. The maximum absolute atomic E-state index is 11.1. The number of rotatable bonds is 5. The van der Waals surface area contributed by atoms with Gasteiger partial charge in [0.1, 0.15) is 6.04 Å². The highest BCUT2D eigenvalue weighted by molar-refractivity contribution is 5.73. The van der Waals surface area contributed by atoms with Gasteiger partial charge in [0.2, 0.25) is 5.89 Å². The number of morpholine rings is 1. The lowest BCUT2D eigenvalue weighted by molar-refractivity contribution is -0.150. The average molecular weight is 255 g/mol. The van der Waals surface area contributed by atoms with Gasteiger partial charge in [-0.05, 0) is 6.42 Å². The first kappa shape index (κ1) is 13.0. The van der Waals surface area contributed by atoms with Crippen molar-refractivity contribution >= 4 is 5.97 Å². The molecule has 0 aliphatic carbocycles. The Labute approximate surface area is 105 Å². The number of ether oxygens (including phenoxy) is 1. The smallest absolute Gasteiger partial charge is 0.323 e. The van der Waals surface area contributed by atoms with Crippen LogP contribution in [0, 0.1) is 0 Å². The van der Waals surface area contributed by atoms with Crippen molar-refractivity contribution < 1.29 is 19.2 Å². The van der Waals surface area contributed by atoms with E-state index >= 15 is 0 Å². The van der Waals surface area contributed by atoms with Gasteiger partial charge < -0.3 is 14.4 Å². The van der Waals surface area contributed by atoms with Gasteiger partial charge in [-0.15, -0.1) is 0 Å². The van der Waals surface area contributed by atoms with Crippen LogP contribution in [-0.2, 0) is 22.5 Å². The number of aromatic nitrogens is 2. The fourth-order valence-electron chi connectivity index (χ4n) is 1.91. The van der Waals surface area contributed by atoms with Crippen molar-refractivity contribution in [3.8, 4) is 0 Å². The zero-order valence-corrected chi connectivity index (χ0v) is 10.3. The quantitative estimate of drug-likeness (QED) is 0.809. The number of hydrogen-bond donors (Lipinski definition) is 1. The minimum Gasteiger partial charge on any atom is -0.480 e. The second-order valence-electron chi connectivity index (χ2n) is 4.25. The molecular formula is C11H17N3O4. The molecule has 0 amide bonds. The molecule has 100 valence electrons. The molecule has 1 saturated heterocycles. The molecule has 2 heterocycles. The Hall–Kier alpha value is -1.47. The average Bonchev–Trinajstić information content (AvgIpc) is 2.77. The van der Waals surface area contributed by atoms with Gasteiger partial charge in [-0.3, -0.25) is 9.69 Å². The van der Waals surface area contributed by atoms with Crippen LogP contribution in [0.3, 0.4) is 0 Å². The lowest BCUT2D eigenvalue weighted by Crippen LogP contribution is -2.49. The normalized spacial score (nSPS) is 21.1. The summed E-state index contributed by atoms with van der Waals surface area (Å²) < 4.78 is 10.3. The monoisotopic (exact) mass is 255 g/mol. The lowest BCUT2D eigenvalue weighted by Gasteiger charge is -2.31. The number of aryl methyl sites for hydroxylation is 1. The predicted octanol–water partition coefficient (Wildman–Crippen LogP) is 0.308. The van der Waals surface area contributed by atoms with Crippen molar-refractivity contribution in [2.24, 2.45) is 0 Å². The Morgan fingerprint density at radius 2 is 2.44 bits per heavy atom. The van der Waals surface area contributed by atoms with Gasteiger partial charge >= 0.3 is 5.97 Å². The van der Waals surface area contributed by atoms with Gasteiger partial charge in [-0.2, -0.15) is 4.98 Å². The van der Waals surface area contributed by atoms with Crippen molar-refractivity contribution in [3.63, 3.8) is 0 Å². The standard InChI is InChI=1S/C11H17N3O4/c1-2-3-9-12-10(18-13-9)6-14-4-5-17-7-8(14)11(15)16/h8H,2-7H2,1H3,(H,15,16). The topological polar surface area (TPSA) is 88.7 Å². The highest BCUT2D eigenvalue weighted by Crippen LogP contribution is 2.12. The first-order valence-electron chi connectivity index (χ1n) is 6.06. The van der Waals surface area contributed by atoms with Crippen LogP contribution < -0.4 is 0 Å². The van der Waals surface area contributed by atoms with E-state index in [2.05, 4.69) is 10.1 Å². The van der Waals surface area contributed by atoms with Crippen LogP contribution >= 0.6 is 0 Å². The summed E-state index contributed by atoms with van der Waals surface area (Å²) in [6.07, 6.45) is 1.73. The Morgan fingerprint density at radius 3 is 3.17 bits per heavy atom. The molecule has 1 N–H and O–H groups in total. The van der Waals surface area contributed by atoms with E-state index in [4.69, 9.17) is 14.4 Å². The molecule has 0 aromatic carbocycles. The maximum Gasteiger partial charge on any atom is 0.323 e. The molecule has 1 aromatic heterocycles. The molecule has 0 saturated carbocycles. The number of aliphatic carboxylic acids is 1. The van der Waals surface area contributed by atoms with Crippen LogP contribution in [0.4, 0.5) is 0 Å². The first-order chi connectivity index (χ1) is 8.70. The molecule has 1 aromatic rings. The molecule has 0 bridgehead atoms. The molecule has 7 heteroatoms. The SMILES string of the molecule is CCCc1noc(CN2CCOCC2C(=O)O)n1. The Kier molecular flexibility index (Phi) is 4.27. The number of hydrogen-bond acceptors (Lipinski definition) is 6. The molecule has 0 radical (unpaired) electrons. The highest BCUT2D eigenvalue weighted by atomic mass is 16.5. The van der Waals surface area contributed by atoms with Gasteiger partial charge in [0.15, 0.2) is 5.82 Å². The van der Waals surface area contributed by atoms with Gasteiger partial charge in [0.05, 0.1) is 19.8 Å². The van der Waals surface area contributed by atoms with E-state index in [9.17, 15) is 4.79 Å². The highest BCUT2D eigenvalue weighted by Gasteiger charge is 2.30. The third-order valence-corrected chi connectivity index (χ3v) is 2.85. The van der Waals surface area contributed by atoms with Gasteiger partial charge in [0, 0.05) is 13.0 Å². The third-order valence-electron chi connectivity index (χ3n) is 2.85. The van der Waals surface area contributed by atoms with Crippen molar-refractivity contribution in [2.45, 2.75) is 32.4 Å². The van der Waals surface area contributed by atoms with E-state index in [0.29, 0.717) is 31.4 Å². The second-order valence-corrected chi connectivity index (χ2v) is 4.25. The third kappa shape index (κ3) is 3.05.